The highest BCUT2D eigenvalue weighted by Crippen LogP contribution is 2.47. The van der Waals surface area contributed by atoms with Crippen LogP contribution in [0.2, 0.25) is 0 Å². The Labute approximate surface area is 339 Å². The van der Waals surface area contributed by atoms with E-state index in [1.807, 2.05) is 28.9 Å². The standard InChI is InChI=1S/C48H45N7OS/c1-2-3-33-56-34-32-53-48-43(35-24-28-41(29-25-35)54(37-16-8-4-9-17-37)38-18-10-5-11-19-38)45(49)46(51-57)44(47(48)50-52-53)36-26-30-42(31-27-36)55(39-20-12-6-13-21-39)40-22-14-7-15-23-40/h4-31,51,57H,2-3,32-34,49H2,1H3. The van der Waals surface area contributed by atoms with Crippen molar-refractivity contribution in [3.8, 4) is 22.3 Å². The summed E-state index contributed by atoms with van der Waals surface area (Å²) in [6.45, 7) is 3.89. The second kappa shape index (κ2) is 17.5. The predicted octanol–water partition coefficient (Wildman–Crippen LogP) is 12.4. The van der Waals surface area contributed by atoms with E-state index in [-0.39, 0.29) is 0 Å². The maximum atomic E-state index is 7.23. The van der Waals surface area contributed by atoms with Crippen LogP contribution in [0.5, 0.6) is 0 Å². The largest absolute Gasteiger partial charge is 0.396 e. The molecule has 0 radical (unpaired) electrons. The maximum Gasteiger partial charge on any atom is 0.123 e. The quantitative estimate of drug-likeness (QED) is 0.0544. The van der Waals surface area contributed by atoms with E-state index in [4.69, 9.17) is 20.8 Å². The van der Waals surface area contributed by atoms with Crippen LogP contribution in [0.3, 0.4) is 0 Å². The van der Waals surface area contributed by atoms with Crippen molar-refractivity contribution in [2.45, 2.75) is 26.3 Å². The number of unbranched alkanes of at least 4 members (excludes halogenated alkanes) is 1. The van der Waals surface area contributed by atoms with Gasteiger partial charge in [-0.3, -0.25) is 0 Å². The molecule has 0 saturated heterocycles. The lowest BCUT2D eigenvalue weighted by molar-refractivity contribution is 0.121. The molecule has 8 aromatic rings. The van der Waals surface area contributed by atoms with E-state index in [0.717, 1.165) is 80.3 Å². The average molecular weight is 768 g/mol. The Balaban J connectivity index is 1.24. The van der Waals surface area contributed by atoms with Crippen molar-refractivity contribution < 1.29 is 4.74 Å². The minimum Gasteiger partial charge on any atom is -0.396 e. The molecule has 9 heteroatoms. The third-order valence-corrected chi connectivity index (χ3v) is 10.3. The van der Waals surface area contributed by atoms with Crippen LogP contribution in [-0.2, 0) is 11.3 Å². The normalized spacial score (nSPS) is 11.1. The number of rotatable bonds is 15. The van der Waals surface area contributed by atoms with Crippen molar-refractivity contribution in [1.29, 1.82) is 0 Å². The van der Waals surface area contributed by atoms with Gasteiger partial charge in [-0.2, -0.15) is 0 Å². The zero-order valence-corrected chi connectivity index (χ0v) is 32.8. The number of ether oxygens (including phenoxy) is 1. The Morgan fingerprint density at radius 2 is 1.00 bits per heavy atom. The first kappa shape index (κ1) is 37.4. The summed E-state index contributed by atoms with van der Waals surface area (Å²) < 4.78 is 11.1. The molecule has 0 saturated carbocycles. The summed E-state index contributed by atoms with van der Waals surface area (Å²) >= 11 is 4.63. The van der Waals surface area contributed by atoms with E-state index in [0.29, 0.717) is 31.1 Å². The molecule has 0 aliphatic rings. The molecule has 0 amide bonds. The fraction of sp³-hybridized carbons (Fsp3) is 0.125. The summed E-state index contributed by atoms with van der Waals surface area (Å²) in [5, 5.41) is 9.55. The molecule has 1 heterocycles. The second-order valence-corrected chi connectivity index (χ2v) is 14.0. The molecule has 1 aromatic heterocycles. The van der Waals surface area contributed by atoms with Crippen LogP contribution in [0.4, 0.5) is 45.5 Å². The van der Waals surface area contributed by atoms with Crippen molar-refractivity contribution in [3.05, 3.63) is 170 Å². The lowest BCUT2D eigenvalue weighted by atomic mass is 9.93. The highest BCUT2D eigenvalue weighted by atomic mass is 32.1. The number of nitrogen functional groups attached to an aromatic ring is 1. The Bertz CT molecular complexity index is 2430. The van der Waals surface area contributed by atoms with Gasteiger partial charge in [-0.15, -0.1) is 5.10 Å². The van der Waals surface area contributed by atoms with Gasteiger partial charge in [-0.05, 0) is 90.3 Å². The predicted molar refractivity (Wildman–Crippen MR) is 241 cm³/mol. The number of thiol groups is 1. The molecular weight excluding hydrogens is 723 g/mol. The number of aromatic nitrogens is 3. The number of nitrogens with two attached hydrogens (primary N) is 1. The molecule has 0 atom stereocenters. The number of anilines is 8. The van der Waals surface area contributed by atoms with Gasteiger partial charge in [0.1, 0.15) is 5.52 Å². The second-order valence-electron chi connectivity index (χ2n) is 13.7. The smallest absolute Gasteiger partial charge is 0.123 e. The Morgan fingerprint density at radius 3 is 1.42 bits per heavy atom. The van der Waals surface area contributed by atoms with Gasteiger partial charge in [0.25, 0.3) is 0 Å². The number of fused-ring (bicyclic) bond motifs is 1. The zero-order chi connectivity index (χ0) is 39.0. The van der Waals surface area contributed by atoms with Gasteiger partial charge in [0.2, 0.25) is 0 Å². The molecule has 8 rings (SSSR count). The van der Waals surface area contributed by atoms with Gasteiger partial charge in [0.05, 0.1) is 30.0 Å². The first-order valence-electron chi connectivity index (χ1n) is 19.3. The van der Waals surface area contributed by atoms with Crippen LogP contribution in [0, 0.1) is 0 Å². The summed E-state index contributed by atoms with van der Waals surface area (Å²) in [5.74, 6) is 0. The van der Waals surface area contributed by atoms with Crippen molar-refractivity contribution in [1.82, 2.24) is 15.0 Å². The summed E-state index contributed by atoms with van der Waals surface area (Å²) in [5.41, 5.74) is 19.8. The fourth-order valence-corrected chi connectivity index (χ4v) is 7.57. The minimum atomic E-state index is 0.505. The number of hydrogen-bond donors (Lipinski definition) is 3. The average Bonchev–Trinajstić information content (AvgIpc) is 3.68. The Hall–Kier alpha value is -6.55. The highest BCUT2D eigenvalue weighted by molar-refractivity contribution is 7.81. The molecule has 0 unspecified atom stereocenters. The number of nitrogens with zero attached hydrogens (tertiary/aromatic N) is 5. The molecule has 0 fully saturated rings. The van der Waals surface area contributed by atoms with E-state index >= 15 is 0 Å². The van der Waals surface area contributed by atoms with Gasteiger partial charge in [0, 0.05) is 51.9 Å². The van der Waals surface area contributed by atoms with Crippen molar-refractivity contribution in [2.24, 2.45) is 0 Å². The Kier molecular flexibility index (Phi) is 11.5. The van der Waals surface area contributed by atoms with Crippen LogP contribution < -0.4 is 20.3 Å². The number of benzene rings is 7. The lowest BCUT2D eigenvalue weighted by Gasteiger charge is -2.26. The minimum absolute atomic E-state index is 0.505. The van der Waals surface area contributed by atoms with Crippen LogP contribution in [0.1, 0.15) is 19.8 Å². The monoisotopic (exact) mass is 767 g/mol. The number of para-hydroxylation sites is 4. The van der Waals surface area contributed by atoms with Crippen LogP contribution in [0.15, 0.2) is 170 Å². The first-order valence-corrected chi connectivity index (χ1v) is 19.8. The fourth-order valence-electron chi connectivity index (χ4n) is 7.34. The van der Waals surface area contributed by atoms with Gasteiger partial charge < -0.3 is 25.0 Å². The van der Waals surface area contributed by atoms with Gasteiger partial charge in [-0.25, -0.2) is 4.68 Å². The molecular formula is C48H45N7OS. The molecule has 0 aliphatic carbocycles. The van der Waals surface area contributed by atoms with E-state index < -0.39 is 0 Å². The van der Waals surface area contributed by atoms with Gasteiger partial charge in [-0.1, -0.05) is 128 Å². The van der Waals surface area contributed by atoms with Crippen LogP contribution in [0.25, 0.3) is 33.3 Å². The van der Waals surface area contributed by atoms with Crippen molar-refractivity contribution >= 4 is 69.3 Å². The number of hydrogen-bond acceptors (Lipinski definition) is 8. The summed E-state index contributed by atoms with van der Waals surface area (Å²) in [4.78, 5) is 4.48. The van der Waals surface area contributed by atoms with E-state index in [1.165, 1.54) is 0 Å². The Morgan fingerprint density at radius 1 is 0.579 bits per heavy atom. The summed E-state index contributed by atoms with van der Waals surface area (Å²) in [6, 6.07) is 58.5. The lowest BCUT2D eigenvalue weighted by Crippen LogP contribution is -2.10. The molecule has 57 heavy (non-hydrogen) atoms. The maximum absolute atomic E-state index is 7.23. The first-order chi connectivity index (χ1) is 28.2. The molecule has 0 spiro atoms. The van der Waals surface area contributed by atoms with Gasteiger partial charge >= 0.3 is 0 Å². The summed E-state index contributed by atoms with van der Waals surface area (Å²) in [6.07, 6.45) is 2.08. The topological polar surface area (TPSA) is 84.5 Å². The van der Waals surface area contributed by atoms with E-state index in [9.17, 15) is 0 Å². The van der Waals surface area contributed by atoms with Crippen molar-refractivity contribution in [2.75, 3.05) is 33.5 Å². The van der Waals surface area contributed by atoms with Crippen LogP contribution in [-0.4, -0.2) is 28.2 Å². The van der Waals surface area contributed by atoms with Crippen LogP contribution >= 0.6 is 12.8 Å². The molecule has 8 nitrogen and oxygen atoms in total. The molecule has 0 aliphatic heterocycles. The third-order valence-electron chi connectivity index (χ3n) is 10.1. The molecule has 7 aromatic carbocycles. The van der Waals surface area contributed by atoms with Crippen molar-refractivity contribution in [3.63, 3.8) is 0 Å². The highest BCUT2D eigenvalue weighted by Gasteiger charge is 2.25. The van der Waals surface area contributed by atoms with E-state index in [2.05, 4.69) is 180 Å². The molecule has 284 valence electrons. The zero-order valence-electron chi connectivity index (χ0n) is 31.9. The number of nitrogens with one attached hydrogen (secondary N) is 1. The van der Waals surface area contributed by atoms with Gasteiger partial charge in [0.15, 0.2) is 0 Å². The molecule has 0 bridgehead atoms. The summed E-state index contributed by atoms with van der Waals surface area (Å²) in [7, 11) is 0. The SMILES string of the molecule is CCCCOCCn1nnc2c(-c3ccc(N(c4ccccc4)c4ccccc4)cc3)c(NS)c(N)c(-c3ccc(N(c4ccccc4)c4ccccc4)cc3)c21. The van der Waals surface area contributed by atoms with E-state index in [1.54, 1.807) is 0 Å². The molecule has 3 N–H and O–H groups in total. The third kappa shape index (κ3) is 7.80.